The van der Waals surface area contributed by atoms with Crippen molar-refractivity contribution in [1.29, 1.82) is 0 Å². The molecule has 1 fully saturated rings. The number of aryl methyl sites for hydroxylation is 1. The SMILES string of the molecule is Cc1ccnc(NCC2CCCCC2C(=O)O)n1. The highest BCUT2D eigenvalue weighted by molar-refractivity contribution is 5.70. The summed E-state index contributed by atoms with van der Waals surface area (Å²) in [7, 11) is 0. The standard InChI is InChI=1S/C13H19N3O2/c1-9-6-7-14-13(16-9)15-8-10-4-2-3-5-11(10)12(17)18/h6-7,10-11H,2-5,8H2,1H3,(H,17,18)(H,14,15,16). The van der Waals surface area contributed by atoms with Crippen molar-refractivity contribution in [3.63, 3.8) is 0 Å². The van der Waals surface area contributed by atoms with Crippen LogP contribution in [0.2, 0.25) is 0 Å². The number of nitrogens with zero attached hydrogens (tertiary/aromatic N) is 2. The quantitative estimate of drug-likeness (QED) is 0.854. The van der Waals surface area contributed by atoms with Gasteiger partial charge in [0.15, 0.2) is 0 Å². The largest absolute Gasteiger partial charge is 0.481 e. The first kappa shape index (κ1) is 12.8. The van der Waals surface area contributed by atoms with Gasteiger partial charge in [-0.25, -0.2) is 9.97 Å². The van der Waals surface area contributed by atoms with Crippen molar-refractivity contribution in [1.82, 2.24) is 9.97 Å². The monoisotopic (exact) mass is 249 g/mol. The van der Waals surface area contributed by atoms with E-state index in [2.05, 4.69) is 15.3 Å². The normalized spacial score (nSPS) is 23.6. The Kier molecular flexibility index (Phi) is 4.12. The number of nitrogens with one attached hydrogen (secondary N) is 1. The number of anilines is 1. The molecule has 0 aromatic carbocycles. The van der Waals surface area contributed by atoms with E-state index in [0.717, 1.165) is 31.4 Å². The van der Waals surface area contributed by atoms with E-state index in [1.807, 2.05) is 13.0 Å². The van der Waals surface area contributed by atoms with E-state index in [0.29, 0.717) is 12.5 Å². The fourth-order valence-corrected chi connectivity index (χ4v) is 2.53. The second-order valence-electron chi connectivity index (χ2n) is 4.89. The van der Waals surface area contributed by atoms with Gasteiger partial charge in [0.05, 0.1) is 5.92 Å². The number of hydrogen-bond acceptors (Lipinski definition) is 4. The minimum absolute atomic E-state index is 0.181. The fraction of sp³-hybridized carbons (Fsp3) is 0.615. The number of rotatable bonds is 4. The Labute approximate surface area is 107 Å². The van der Waals surface area contributed by atoms with E-state index in [4.69, 9.17) is 0 Å². The summed E-state index contributed by atoms with van der Waals surface area (Å²) in [4.78, 5) is 19.6. The maximum atomic E-state index is 11.2. The Bertz CT molecular complexity index is 422. The Morgan fingerprint density at radius 2 is 2.28 bits per heavy atom. The highest BCUT2D eigenvalue weighted by Gasteiger charge is 2.30. The molecule has 1 aliphatic rings. The highest BCUT2D eigenvalue weighted by Crippen LogP contribution is 2.30. The number of aliphatic carboxylic acids is 1. The third-order valence-corrected chi connectivity index (χ3v) is 3.54. The summed E-state index contributed by atoms with van der Waals surface area (Å²) in [6, 6.07) is 1.84. The molecule has 5 heteroatoms. The molecule has 0 saturated heterocycles. The van der Waals surface area contributed by atoms with Crippen LogP contribution in [-0.2, 0) is 4.79 Å². The predicted molar refractivity (Wildman–Crippen MR) is 68.3 cm³/mol. The molecule has 0 aliphatic heterocycles. The van der Waals surface area contributed by atoms with Crippen molar-refractivity contribution in [3.05, 3.63) is 18.0 Å². The third kappa shape index (κ3) is 3.18. The van der Waals surface area contributed by atoms with Crippen molar-refractivity contribution >= 4 is 11.9 Å². The van der Waals surface area contributed by atoms with Crippen LogP contribution in [0.5, 0.6) is 0 Å². The van der Waals surface area contributed by atoms with Crippen molar-refractivity contribution in [2.45, 2.75) is 32.6 Å². The number of carbonyl (C=O) groups is 1. The molecular weight excluding hydrogens is 230 g/mol. The van der Waals surface area contributed by atoms with E-state index in [1.54, 1.807) is 6.20 Å². The van der Waals surface area contributed by atoms with Gasteiger partial charge in [0.25, 0.3) is 0 Å². The second kappa shape index (κ2) is 5.80. The average Bonchev–Trinajstić information content (AvgIpc) is 2.37. The van der Waals surface area contributed by atoms with Gasteiger partial charge < -0.3 is 10.4 Å². The number of carboxylic acids is 1. The summed E-state index contributed by atoms with van der Waals surface area (Å²) in [6.07, 6.45) is 5.60. The summed E-state index contributed by atoms with van der Waals surface area (Å²) in [5.41, 5.74) is 0.908. The van der Waals surface area contributed by atoms with Crippen molar-refractivity contribution < 1.29 is 9.90 Å². The molecular formula is C13H19N3O2. The van der Waals surface area contributed by atoms with Crippen molar-refractivity contribution in [3.8, 4) is 0 Å². The highest BCUT2D eigenvalue weighted by atomic mass is 16.4. The van der Waals surface area contributed by atoms with Gasteiger partial charge in [-0.3, -0.25) is 4.79 Å². The van der Waals surface area contributed by atoms with Crippen LogP contribution in [0.15, 0.2) is 12.3 Å². The lowest BCUT2D eigenvalue weighted by molar-refractivity contribution is -0.144. The first-order valence-corrected chi connectivity index (χ1v) is 6.43. The molecule has 2 N–H and O–H groups in total. The lowest BCUT2D eigenvalue weighted by Crippen LogP contribution is -2.32. The zero-order valence-electron chi connectivity index (χ0n) is 10.6. The Balaban J connectivity index is 1.93. The number of hydrogen-bond donors (Lipinski definition) is 2. The average molecular weight is 249 g/mol. The summed E-state index contributed by atoms with van der Waals surface area (Å²) < 4.78 is 0. The first-order valence-electron chi connectivity index (χ1n) is 6.43. The lowest BCUT2D eigenvalue weighted by atomic mass is 9.79. The maximum Gasteiger partial charge on any atom is 0.306 e. The third-order valence-electron chi connectivity index (χ3n) is 3.54. The fourth-order valence-electron chi connectivity index (χ4n) is 2.53. The van der Waals surface area contributed by atoms with Crippen LogP contribution in [0.4, 0.5) is 5.95 Å². The summed E-state index contributed by atoms with van der Waals surface area (Å²) >= 11 is 0. The molecule has 0 bridgehead atoms. The van der Waals surface area contributed by atoms with Crippen LogP contribution < -0.4 is 5.32 Å². The minimum Gasteiger partial charge on any atom is -0.481 e. The number of aromatic nitrogens is 2. The van der Waals surface area contributed by atoms with Gasteiger partial charge in [0, 0.05) is 18.4 Å². The van der Waals surface area contributed by atoms with Gasteiger partial charge in [-0.15, -0.1) is 0 Å². The molecule has 98 valence electrons. The molecule has 0 amide bonds. The molecule has 0 radical (unpaired) electrons. The number of carboxylic acid groups (broad SMARTS) is 1. The summed E-state index contributed by atoms with van der Waals surface area (Å²) in [5.74, 6) is -0.132. The molecule has 1 aliphatic carbocycles. The molecule has 1 aromatic rings. The molecule has 1 aromatic heterocycles. The molecule has 2 rings (SSSR count). The van der Waals surface area contributed by atoms with Crippen LogP contribution in [-0.4, -0.2) is 27.6 Å². The Morgan fingerprint density at radius 1 is 1.50 bits per heavy atom. The molecule has 5 nitrogen and oxygen atoms in total. The molecule has 2 unspecified atom stereocenters. The van der Waals surface area contributed by atoms with Crippen molar-refractivity contribution in [2.24, 2.45) is 11.8 Å². The van der Waals surface area contributed by atoms with Gasteiger partial charge >= 0.3 is 5.97 Å². The van der Waals surface area contributed by atoms with E-state index in [9.17, 15) is 9.90 Å². The van der Waals surface area contributed by atoms with Gasteiger partial charge in [-0.1, -0.05) is 12.8 Å². The van der Waals surface area contributed by atoms with E-state index < -0.39 is 5.97 Å². The van der Waals surface area contributed by atoms with Gasteiger partial charge in [-0.05, 0) is 31.7 Å². The molecule has 18 heavy (non-hydrogen) atoms. The summed E-state index contributed by atoms with van der Waals surface area (Å²) in [5, 5.41) is 12.3. The van der Waals surface area contributed by atoms with Gasteiger partial charge in [-0.2, -0.15) is 0 Å². The Hall–Kier alpha value is -1.65. The van der Waals surface area contributed by atoms with E-state index >= 15 is 0 Å². The lowest BCUT2D eigenvalue weighted by Gasteiger charge is -2.28. The first-order chi connectivity index (χ1) is 8.66. The van der Waals surface area contributed by atoms with Crippen LogP contribution >= 0.6 is 0 Å². The van der Waals surface area contributed by atoms with Gasteiger partial charge in [0.2, 0.25) is 5.95 Å². The van der Waals surface area contributed by atoms with Crippen LogP contribution in [0.25, 0.3) is 0 Å². The minimum atomic E-state index is -0.674. The zero-order chi connectivity index (χ0) is 13.0. The van der Waals surface area contributed by atoms with Crippen LogP contribution in [0.1, 0.15) is 31.4 Å². The Morgan fingerprint density at radius 3 is 3.00 bits per heavy atom. The smallest absolute Gasteiger partial charge is 0.306 e. The predicted octanol–water partition coefficient (Wildman–Crippen LogP) is 2.09. The van der Waals surface area contributed by atoms with E-state index in [-0.39, 0.29) is 11.8 Å². The topological polar surface area (TPSA) is 75.1 Å². The second-order valence-corrected chi connectivity index (χ2v) is 4.89. The molecule has 1 saturated carbocycles. The van der Waals surface area contributed by atoms with Crippen LogP contribution in [0.3, 0.4) is 0 Å². The molecule has 2 atom stereocenters. The van der Waals surface area contributed by atoms with Crippen LogP contribution in [0, 0.1) is 18.8 Å². The maximum absolute atomic E-state index is 11.2. The molecule has 1 heterocycles. The van der Waals surface area contributed by atoms with Crippen molar-refractivity contribution in [2.75, 3.05) is 11.9 Å². The zero-order valence-corrected chi connectivity index (χ0v) is 10.6. The van der Waals surface area contributed by atoms with Gasteiger partial charge in [0.1, 0.15) is 0 Å². The molecule has 0 spiro atoms. The van der Waals surface area contributed by atoms with E-state index in [1.165, 1.54) is 0 Å². The summed E-state index contributed by atoms with van der Waals surface area (Å²) in [6.45, 7) is 2.55.